The molecule has 3 fully saturated rings. The Bertz CT molecular complexity index is 1190. The first-order chi connectivity index (χ1) is 19.5. The number of fused-ring (bicyclic) bond motifs is 2. The maximum atomic E-state index is 13.4. The summed E-state index contributed by atoms with van der Waals surface area (Å²) < 4.78 is 22.9. The number of β-amino-alcohol motifs (C(OH)–C–C–N with tert-alkyl or cyclic N) is 1. The Hall–Kier alpha value is -3.54. The minimum absolute atomic E-state index is 0.0933. The van der Waals surface area contributed by atoms with Crippen molar-refractivity contribution in [2.75, 3.05) is 62.9 Å². The van der Waals surface area contributed by atoms with Crippen LogP contribution in [0.5, 0.6) is 11.5 Å². The summed E-state index contributed by atoms with van der Waals surface area (Å²) in [4.78, 5) is 32.4. The van der Waals surface area contributed by atoms with Crippen molar-refractivity contribution < 1.29 is 33.6 Å². The molecule has 4 aliphatic rings. The number of benzene rings is 2. The van der Waals surface area contributed by atoms with E-state index in [0.29, 0.717) is 49.5 Å². The van der Waals surface area contributed by atoms with Crippen LogP contribution in [-0.2, 0) is 14.3 Å². The maximum absolute atomic E-state index is 13.4. The van der Waals surface area contributed by atoms with Crippen molar-refractivity contribution in [3.05, 3.63) is 48.5 Å². The second kappa shape index (κ2) is 11.9. The van der Waals surface area contributed by atoms with E-state index in [1.807, 2.05) is 23.1 Å². The van der Waals surface area contributed by atoms with Crippen LogP contribution in [0.25, 0.3) is 0 Å². The van der Waals surface area contributed by atoms with E-state index in [9.17, 15) is 14.7 Å². The van der Waals surface area contributed by atoms with Gasteiger partial charge in [0.05, 0.1) is 44.4 Å². The van der Waals surface area contributed by atoms with Gasteiger partial charge in [0, 0.05) is 43.6 Å². The van der Waals surface area contributed by atoms with Gasteiger partial charge in [-0.3, -0.25) is 4.79 Å². The Kier molecular flexibility index (Phi) is 7.94. The molecule has 6 rings (SSSR count). The fourth-order valence-corrected chi connectivity index (χ4v) is 5.92. The summed E-state index contributed by atoms with van der Waals surface area (Å²) in [6, 6.07) is 14.9. The lowest BCUT2D eigenvalue weighted by Crippen LogP contribution is -2.58. The lowest BCUT2D eigenvalue weighted by Gasteiger charge is -2.44. The minimum atomic E-state index is -0.808. The van der Waals surface area contributed by atoms with Gasteiger partial charge in [0.15, 0.2) is 11.5 Å². The van der Waals surface area contributed by atoms with E-state index in [2.05, 4.69) is 22.3 Å². The highest BCUT2D eigenvalue weighted by atomic mass is 16.7. The van der Waals surface area contributed by atoms with Gasteiger partial charge in [-0.1, -0.05) is 18.2 Å². The lowest BCUT2D eigenvalue weighted by atomic mass is 9.94. The van der Waals surface area contributed by atoms with Crippen LogP contribution in [0, 0.1) is 0 Å². The number of amides is 3. The van der Waals surface area contributed by atoms with Crippen LogP contribution in [0.4, 0.5) is 16.2 Å². The predicted molar refractivity (Wildman–Crippen MR) is 147 cm³/mol. The van der Waals surface area contributed by atoms with Gasteiger partial charge < -0.3 is 44.1 Å². The molecule has 214 valence electrons. The van der Waals surface area contributed by atoms with Gasteiger partial charge in [0.25, 0.3) is 0 Å². The summed E-state index contributed by atoms with van der Waals surface area (Å²) in [5, 5.41) is 13.4. The van der Waals surface area contributed by atoms with E-state index in [0.717, 1.165) is 13.1 Å². The molecule has 4 atom stereocenters. The standard InChI is InChI=1S/C29H36N4O7/c34-22-16-33(29(36)30-20-6-9-25-26(14-20)39-19-38-25)24-8-7-23(40-27(24)18-37-17-22)15-28(35)32-12-10-31(11-13-32)21-4-2-1-3-5-21/h1-6,9,14,22-24,27,34H,7-8,10-13,15-19H2,(H,30,36)/t22-,23+,24-,27+/m1/s1. The van der Waals surface area contributed by atoms with Crippen molar-refractivity contribution in [3.8, 4) is 11.5 Å². The normalized spacial score (nSPS) is 26.5. The largest absolute Gasteiger partial charge is 0.454 e. The molecule has 0 bridgehead atoms. The number of para-hydroxylation sites is 1. The zero-order chi connectivity index (χ0) is 27.5. The monoisotopic (exact) mass is 552 g/mol. The molecule has 2 aromatic rings. The van der Waals surface area contributed by atoms with E-state index >= 15 is 0 Å². The number of carbonyl (C=O) groups excluding carboxylic acids is 2. The number of rotatable bonds is 4. The summed E-state index contributed by atoms with van der Waals surface area (Å²) in [7, 11) is 0. The van der Waals surface area contributed by atoms with Crippen molar-refractivity contribution in [1.29, 1.82) is 0 Å². The maximum Gasteiger partial charge on any atom is 0.322 e. The van der Waals surface area contributed by atoms with E-state index < -0.39 is 12.2 Å². The summed E-state index contributed by atoms with van der Waals surface area (Å²) in [6.45, 7) is 3.59. The summed E-state index contributed by atoms with van der Waals surface area (Å²) in [6.07, 6.45) is 0.151. The van der Waals surface area contributed by atoms with Gasteiger partial charge in [0.1, 0.15) is 6.10 Å². The van der Waals surface area contributed by atoms with Crippen LogP contribution in [-0.4, -0.2) is 104 Å². The zero-order valence-electron chi connectivity index (χ0n) is 22.4. The van der Waals surface area contributed by atoms with Crippen LogP contribution in [0.3, 0.4) is 0 Å². The number of aliphatic hydroxyl groups excluding tert-OH is 1. The summed E-state index contributed by atoms with van der Waals surface area (Å²) in [5.74, 6) is 1.30. The number of nitrogens with zero attached hydrogens (tertiary/aromatic N) is 3. The van der Waals surface area contributed by atoms with Gasteiger partial charge in [-0.05, 0) is 37.1 Å². The Morgan fingerprint density at radius 2 is 1.75 bits per heavy atom. The van der Waals surface area contributed by atoms with Crippen LogP contribution in [0.15, 0.2) is 48.5 Å². The number of piperazine rings is 1. The molecule has 0 unspecified atom stereocenters. The highest BCUT2D eigenvalue weighted by molar-refractivity contribution is 5.90. The van der Waals surface area contributed by atoms with Crippen LogP contribution in [0.1, 0.15) is 19.3 Å². The fourth-order valence-electron chi connectivity index (χ4n) is 5.92. The quantitative estimate of drug-likeness (QED) is 0.594. The first-order valence-corrected chi connectivity index (χ1v) is 14.0. The molecule has 2 N–H and O–H groups in total. The molecule has 0 aliphatic carbocycles. The molecule has 0 spiro atoms. The molecule has 11 heteroatoms. The molecule has 3 saturated heterocycles. The number of nitrogens with one attached hydrogen (secondary N) is 1. The Morgan fingerprint density at radius 3 is 2.58 bits per heavy atom. The first kappa shape index (κ1) is 26.7. The molecule has 4 aliphatic heterocycles. The van der Waals surface area contributed by atoms with Gasteiger partial charge in [-0.2, -0.15) is 0 Å². The average Bonchev–Trinajstić information content (AvgIpc) is 3.44. The van der Waals surface area contributed by atoms with E-state index in [1.54, 1.807) is 23.1 Å². The molecule has 4 heterocycles. The third-order valence-corrected chi connectivity index (χ3v) is 8.02. The Labute approximate surface area is 233 Å². The predicted octanol–water partition coefficient (Wildman–Crippen LogP) is 2.30. The van der Waals surface area contributed by atoms with Gasteiger partial charge >= 0.3 is 6.03 Å². The molecule has 40 heavy (non-hydrogen) atoms. The van der Waals surface area contributed by atoms with Crippen molar-refractivity contribution in [2.45, 2.75) is 43.6 Å². The third-order valence-electron chi connectivity index (χ3n) is 8.02. The third kappa shape index (κ3) is 5.96. The van der Waals surface area contributed by atoms with Gasteiger partial charge in [-0.25, -0.2) is 4.79 Å². The first-order valence-electron chi connectivity index (χ1n) is 14.0. The fraction of sp³-hybridized carbons (Fsp3) is 0.517. The number of anilines is 2. The van der Waals surface area contributed by atoms with Crippen molar-refractivity contribution >= 4 is 23.3 Å². The number of aliphatic hydroxyl groups is 1. The molecule has 11 nitrogen and oxygen atoms in total. The topological polar surface area (TPSA) is 113 Å². The average molecular weight is 553 g/mol. The number of ether oxygens (including phenoxy) is 4. The van der Waals surface area contributed by atoms with E-state index in [1.165, 1.54) is 5.69 Å². The second-order valence-corrected chi connectivity index (χ2v) is 10.7. The molecular formula is C29H36N4O7. The van der Waals surface area contributed by atoms with Crippen molar-refractivity contribution in [3.63, 3.8) is 0 Å². The SMILES string of the molecule is O=C(C[C@@H]1CC[C@@H]2[C@H](COC[C@H](O)CN2C(=O)Nc2ccc3c(c2)OCO3)O1)N1CCN(c2ccccc2)CC1. The molecule has 0 radical (unpaired) electrons. The number of hydrogen-bond acceptors (Lipinski definition) is 8. The van der Waals surface area contributed by atoms with Crippen LogP contribution in [0.2, 0.25) is 0 Å². The van der Waals surface area contributed by atoms with Gasteiger partial charge in [0.2, 0.25) is 12.7 Å². The summed E-state index contributed by atoms with van der Waals surface area (Å²) in [5.41, 5.74) is 1.75. The van der Waals surface area contributed by atoms with E-state index in [-0.39, 0.29) is 50.6 Å². The zero-order valence-corrected chi connectivity index (χ0v) is 22.4. The van der Waals surface area contributed by atoms with Crippen LogP contribution < -0.4 is 19.7 Å². The molecule has 2 aromatic carbocycles. The highest BCUT2D eigenvalue weighted by Gasteiger charge is 2.40. The highest BCUT2D eigenvalue weighted by Crippen LogP contribution is 2.35. The Balaban J connectivity index is 1.05. The number of carbonyl (C=O) groups is 2. The lowest BCUT2D eigenvalue weighted by molar-refractivity contribution is -0.154. The molecular weight excluding hydrogens is 516 g/mol. The van der Waals surface area contributed by atoms with Crippen molar-refractivity contribution in [1.82, 2.24) is 9.80 Å². The smallest absolute Gasteiger partial charge is 0.322 e. The second-order valence-electron chi connectivity index (χ2n) is 10.7. The van der Waals surface area contributed by atoms with Gasteiger partial charge in [-0.15, -0.1) is 0 Å². The van der Waals surface area contributed by atoms with Crippen molar-refractivity contribution in [2.24, 2.45) is 0 Å². The summed E-state index contributed by atoms with van der Waals surface area (Å²) >= 11 is 0. The minimum Gasteiger partial charge on any atom is -0.454 e. The Morgan fingerprint density at radius 1 is 0.950 bits per heavy atom. The molecule has 0 saturated carbocycles. The number of hydrogen-bond donors (Lipinski definition) is 2. The molecule has 0 aromatic heterocycles. The van der Waals surface area contributed by atoms with E-state index in [4.69, 9.17) is 18.9 Å². The molecule has 3 amide bonds. The number of urea groups is 1. The van der Waals surface area contributed by atoms with Crippen LogP contribution >= 0.6 is 0 Å².